The number of ketones is 1. The van der Waals surface area contributed by atoms with Crippen molar-refractivity contribution < 1.29 is 14.3 Å². The lowest BCUT2D eigenvalue weighted by Crippen LogP contribution is -2.47. The summed E-state index contributed by atoms with van der Waals surface area (Å²) in [4.78, 5) is 26.7. The van der Waals surface area contributed by atoms with Crippen LogP contribution in [0.25, 0.3) is 0 Å². The number of fused-ring (bicyclic) bond motifs is 3. The van der Waals surface area contributed by atoms with E-state index >= 15 is 0 Å². The third-order valence-corrected chi connectivity index (χ3v) is 5.95. The fourth-order valence-corrected chi connectivity index (χ4v) is 4.74. The number of nitriles is 1. The largest absolute Gasteiger partial charge is 0.444 e. The van der Waals surface area contributed by atoms with Gasteiger partial charge in [-0.15, -0.1) is 0 Å². The van der Waals surface area contributed by atoms with Crippen molar-refractivity contribution in [1.29, 1.82) is 5.26 Å². The van der Waals surface area contributed by atoms with Crippen LogP contribution in [0.2, 0.25) is 0 Å². The smallest absolute Gasteiger partial charge is 0.245 e. The molecule has 2 aromatic rings. The lowest BCUT2D eigenvalue weighted by molar-refractivity contribution is -0.123. The number of nitrogens with two attached hydrogens (primary N) is 1. The van der Waals surface area contributed by atoms with E-state index in [4.69, 9.17) is 10.5 Å². The molecule has 6 heteroatoms. The number of benzene rings is 2. The highest BCUT2D eigenvalue weighted by atomic mass is 16.5. The van der Waals surface area contributed by atoms with Gasteiger partial charge in [0.1, 0.15) is 22.8 Å². The van der Waals surface area contributed by atoms with Gasteiger partial charge in [-0.3, -0.25) is 9.59 Å². The van der Waals surface area contributed by atoms with Gasteiger partial charge in [-0.2, -0.15) is 5.26 Å². The van der Waals surface area contributed by atoms with Gasteiger partial charge in [0.25, 0.3) is 0 Å². The Morgan fingerprint density at radius 1 is 1.07 bits per heavy atom. The predicted molar refractivity (Wildman–Crippen MR) is 105 cm³/mol. The molecule has 6 nitrogen and oxygen atoms in total. The van der Waals surface area contributed by atoms with Crippen LogP contribution in [0.4, 0.5) is 5.69 Å². The third-order valence-electron chi connectivity index (χ3n) is 5.95. The van der Waals surface area contributed by atoms with E-state index < -0.39 is 11.3 Å². The molecule has 1 amide bonds. The maximum atomic E-state index is 13.4. The number of carbonyl (C=O) groups excluding carboxylic acids is 2. The average Bonchev–Trinajstić information content (AvgIpc) is 3.01. The van der Waals surface area contributed by atoms with Gasteiger partial charge in [0.05, 0.1) is 5.57 Å². The lowest BCUT2D eigenvalue weighted by Gasteiger charge is -2.38. The minimum absolute atomic E-state index is 0.0368. The van der Waals surface area contributed by atoms with Crippen LogP contribution in [-0.4, -0.2) is 11.7 Å². The first-order chi connectivity index (χ1) is 14.1. The number of nitrogens with one attached hydrogen (secondary N) is 1. The number of anilines is 1. The third kappa shape index (κ3) is 2.21. The molecule has 0 unspecified atom stereocenters. The molecule has 0 bridgehead atoms. The molecule has 5 rings (SSSR count). The Kier molecular flexibility index (Phi) is 3.62. The van der Waals surface area contributed by atoms with Crippen molar-refractivity contribution in [2.45, 2.75) is 24.2 Å². The first-order valence-corrected chi connectivity index (χ1v) is 9.38. The first-order valence-electron chi connectivity index (χ1n) is 9.38. The maximum Gasteiger partial charge on any atom is 0.245 e. The standard InChI is InChI=1S/C23H17N3O3/c24-12-16-21(25)29-19-11-14(13-6-2-1-3-7-13)10-18(27)20(19)23(16)15-8-4-5-9-17(15)26-22(23)28/h1-9,14H,10-11,25H2,(H,26,28)/t14-,23-/m1/s1. The predicted octanol–water partition coefficient (Wildman–Crippen LogP) is 3.00. The van der Waals surface area contributed by atoms with Gasteiger partial charge >= 0.3 is 0 Å². The summed E-state index contributed by atoms with van der Waals surface area (Å²) in [6.07, 6.45) is 0.670. The molecule has 2 aliphatic heterocycles. The molecule has 0 aromatic heterocycles. The normalized spacial score (nSPS) is 25.3. The van der Waals surface area contributed by atoms with Crippen LogP contribution in [0.1, 0.15) is 29.9 Å². The van der Waals surface area contributed by atoms with Crippen LogP contribution >= 0.6 is 0 Å². The first kappa shape index (κ1) is 17.3. The number of allylic oxidation sites excluding steroid dienone is 1. The summed E-state index contributed by atoms with van der Waals surface area (Å²) in [5, 5.41) is 12.7. The van der Waals surface area contributed by atoms with E-state index in [-0.39, 0.29) is 35.2 Å². The SMILES string of the molecule is N#CC1=C(N)OC2=C(C(=O)C[C@@H](c3ccccc3)C2)[C@]12C(=O)Nc1ccccc12. The lowest BCUT2D eigenvalue weighted by atomic mass is 9.63. The molecule has 0 saturated carbocycles. The molecule has 2 heterocycles. The molecular weight excluding hydrogens is 366 g/mol. The fourth-order valence-electron chi connectivity index (χ4n) is 4.74. The number of hydrogen-bond acceptors (Lipinski definition) is 5. The van der Waals surface area contributed by atoms with Crippen LogP contribution in [0.5, 0.6) is 0 Å². The van der Waals surface area contributed by atoms with Crippen molar-refractivity contribution in [3.8, 4) is 6.07 Å². The molecular formula is C23H17N3O3. The number of para-hydroxylation sites is 1. The van der Waals surface area contributed by atoms with Gasteiger partial charge in [0.2, 0.25) is 11.8 Å². The van der Waals surface area contributed by atoms with Gasteiger partial charge in [-0.25, -0.2) is 0 Å². The van der Waals surface area contributed by atoms with E-state index in [2.05, 4.69) is 5.32 Å². The van der Waals surface area contributed by atoms with Crippen molar-refractivity contribution in [3.05, 3.63) is 88.5 Å². The summed E-state index contributed by atoms with van der Waals surface area (Å²) in [5.41, 5.74) is 6.91. The minimum atomic E-state index is -1.55. The molecule has 0 fully saturated rings. The number of hydrogen-bond donors (Lipinski definition) is 2. The number of nitrogens with zero attached hydrogens (tertiary/aromatic N) is 1. The Hall–Kier alpha value is -3.85. The number of amides is 1. The number of carbonyl (C=O) groups is 2. The summed E-state index contributed by atoms with van der Waals surface area (Å²) in [6, 6.07) is 18.8. The zero-order valence-corrected chi connectivity index (χ0v) is 15.4. The van der Waals surface area contributed by atoms with E-state index in [1.807, 2.05) is 36.4 Å². The van der Waals surface area contributed by atoms with E-state index in [1.165, 1.54) is 0 Å². The van der Waals surface area contributed by atoms with Crippen molar-refractivity contribution in [2.75, 3.05) is 5.32 Å². The second-order valence-electron chi connectivity index (χ2n) is 7.44. The highest BCUT2D eigenvalue weighted by molar-refractivity contribution is 6.19. The van der Waals surface area contributed by atoms with Crippen LogP contribution in [0.15, 0.2) is 77.4 Å². The average molecular weight is 383 g/mol. The number of Topliss-reactive ketones (excluding diaryl/α,β-unsaturated/α-hetero) is 1. The van der Waals surface area contributed by atoms with Crippen LogP contribution < -0.4 is 11.1 Å². The van der Waals surface area contributed by atoms with Gasteiger partial charge < -0.3 is 15.8 Å². The van der Waals surface area contributed by atoms with Crippen molar-refractivity contribution in [1.82, 2.24) is 0 Å². The molecule has 1 aliphatic carbocycles. The molecule has 1 spiro atoms. The fraction of sp³-hybridized carbons (Fsp3) is 0.174. The molecule has 2 atom stereocenters. The zero-order chi connectivity index (χ0) is 20.2. The van der Waals surface area contributed by atoms with Gasteiger partial charge in [0.15, 0.2) is 5.78 Å². The Labute approximate surface area is 167 Å². The highest BCUT2D eigenvalue weighted by Crippen LogP contribution is 2.55. The monoisotopic (exact) mass is 383 g/mol. The topological polar surface area (TPSA) is 105 Å². The Morgan fingerprint density at radius 3 is 2.55 bits per heavy atom. The Balaban J connectivity index is 1.74. The van der Waals surface area contributed by atoms with Crippen molar-refractivity contribution >= 4 is 17.4 Å². The van der Waals surface area contributed by atoms with Crippen LogP contribution in [0, 0.1) is 11.3 Å². The number of rotatable bonds is 1. The number of ether oxygens (including phenoxy) is 1. The molecule has 0 saturated heterocycles. The zero-order valence-electron chi connectivity index (χ0n) is 15.4. The summed E-state index contributed by atoms with van der Waals surface area (Å²) >= 11 is 0. The summed E-state index contributed by atoms with van der Waals surface area (Å²) in [6.45, 7) is 0. The van der Waals surface area contributed by atoms with Crippen LogP contribution in [-0.2, 0) is 19.7 Å². The van der Waals surface area contributed by atoms with Gasteiger partial charge in [0, 0.05) is 24.1 Å². The molecule has 2 aromatic carbocycles. The van der Waals surface area contributed by atoms with E-state index in [0.29, 0.717) is 23.4 Å². The maximum absolute atomic E-state index is 13.4. The second kappa shape index (κ2) is 6.08. The van der Waals surface area contributed by atoms with Crippen molar-refractivity contribution in [3.63, 3.8) is 0 Å². The molecule has 3 aliphatic rings. The molecule has 0 radical (unpaired) electrons. The Morgan fingerprint density at radius 2 is 1.79 bits per heavy atom. The quantitative estimate of drug-likeness (QED) is 0.788. The van der Waals surface area contributed by atoms with Gasteiger partial charge in [-0.1, -0.05) is 48.5 Å². The van der Waals surface area contributed by atoms with Crippen molar-refractivity contribution in [2.24, 2.45) is 5.73 Å². The minimum Gasteiger partial charge on any atom is -0.444 e. The van der Waals surface area contributed by atoms with Gasteiger partial charge in [-0.05, 0) is 17.5 Å². The molecule has 142 valence electrons. The molecule has 3 N–H and O–H groups in total. The second-order valence-corrected chi connectivity index (χ2v) is 7.44. The van der Waals surface area contributed by atoms with E-state index in [9.17, 15) is 14.9 Å². The summed E-state index contributed by atoms with van der Waals surface area (Å²) in [5.74, 6) is -0.471. The van der Waals surface area contributed by atoms with E-state index in [0.717, 1.165) is 5.56 Å². The van der Waals surface area contributed by atoms with E-state index in [1.54, 1.807) is 24.3 Å². The highest BCUT2D eigenvalue weighted by Gasteiger charge is 2.60. The molecule has 29 heavy (non-hydrogen) atoms. The summed E-state index contributed by atoms with van der Waals surface area (Å²) in [7, 11) is 0. The Bertz CT molecular complexity index is 1170. The summed E-state index contributed by atoms with van der Waals surface area (Å²) < 4.78 is 5.78. The van der Waals surface area contributed by atoms with Crippen LogP contribution in [0.3, 0.4) is 0 Å².